The lowest BCUT2D eigenvalue weighted by atomic mass is 10.0. The van der Waals surface area contributed by atoms with E-state index < -0.39 is 0 Å². The lowest BCUT2D eigenvalue weighted by Crippen LogP contribution is -2.44. The van der Waals surface area contributed by atoms with Crippen molar-refractivity contribution in [2.24, 2.45) is 0 Å². The van der Waals surface area contributed by atoms with Gasteiger partial charge in [-0.05, 0) is 38.6 Å². The van der Waals surface area contributed by atoms with Crippen LogP contribution >= 0.6 is 11.6 Å². The van der Waals surface area contributed by atoms with E-state index in [0.717, 1.165) is 38.8 Å². The lowest BCUT2D eigenvalue weighted by molar-refractivity contribution is -0.122. The highest BCUT2D eigenvalue weighted by molar-refractivity contribution is 6.17. The second-order valence-corrected chi connectivity index (χ2v) is 5.56. The zero-order valence-corrected chi connectivity index (χ0v) is 12.3. The molecule has 106 valence electrons. The molecule has 3 nitrogen and oxygen atoms in total. The molecule has 0 aromatic heterocycles. The Hall–Kier alpha value is -0.280. The molecule has 0 spiro atoms. The Morgan fingerprint density at radius 2 is 2.00 bits per heavy atom. The van der Waals surface area contributed by atoms with E-state index in [2.05, 4.69) is 17.1 Å². The molecular formula is C14H27ClN2O. The van der Waals surface area contributed by atoms with Gasteiger partial charge >= 0.3 is 0 Å². The monoisotopic (exact) mass is 274 g/mol. The van der Waals surface area contributed by atoms with Gasteiger partial charge in [0, 0.05) is 31.4 Å². The molecule has 0 unspecified atom stereocenters. The first-order chi connectivity index (χ1) is 8.76. The number of halogens is 1. The molecular weight excluding hydrogens is 248 g/mol. The third kappa shape index (κ3) is 6.60. The summed E-state index contributed by atoms with van der Waals surface area (Å²) in [6.45, 7) is 5.71. The molecule has 0 saturated carbocycles. The molecule has 1 amide bonds. The van der Waals surface area contributed by atoms with Crippen LogP contribution in [0.15, 0.2) is 0 Å². The number of unbranched alkanes of at least 4 members (excludes halogenated alkanes) is 2. The van der Waals surface area contributed by atoms with Crippen molar-refractivity contribution in [3.63, 3.8) is 0 Å². The first-order valence-electron chi connectivity index (χ1n) is 7.34. The number of likely N-dealkylation sites (tertiary alicyclic amines) is 1. The van der Waals surface area contributed by atoms with Crippen molar-refractivity contribution in [1.82, 2.24) is 10.2 Å². The summed E-state index contributed by atoms with van der Waals surface area (Å²) in [5.41, 5.74) is 0. The van der Waals surface area contributed by atoms with Gasteiger partial charge in [0.05, 0.1) is 0 Å². The molecule has 1 saturated heterocycles. The number of hydrogen-bond acceptors (Lipinski definition) is 2. The number of amides is 1. The van der Waals surface area contributed by atoms with Crippen molar-refractivity contribution in [1.29, 1.82) is 0 Å². The maximum Gasteiger partial charge on any atom is 0.220 e. The fraction of sp³-hybridized carbons (Fsp3) is 0.929. The number of carbonyl (C=O) groups is 1. The average molecular weight is 275 g/mol. The number of piperidine rings is 1. The van der Waals surface area contributed by atoms with Gasteiger partial charge in [0.1, 0.15) is 0 Å². The largest absolute Gasteiger partial charge is 0.353 e. The zero-order valence-electron chi connectivity index (χ0n) is 11.6. The predicted octanol–water partition coefficient (Wildman–Crippen LogP) is 2.78. The smallest absolute Gasteiger partial charge is 0.220 e. The van der Waals surface area contributed by atoms with E-state index in [4.69, 9.17) is 11.6 Å². The van der Waals surface area contributed by atoms with Crippen molar-refractivity contribution in [2.45, 2.75) is 57.9 Å². The molecule has 1 aliphatic rings. The number of rotatable bonds is 8. The van der Waals surface area contributed by atoms with Crippen LogP contribution in [0.5, 0.6) is 0 Å². The highest BCUT2D eigenvalue weighted by Gasteiger charge is 2.19. The van der Waals surface area contributed by atoms with Crippen LogP contribution in [0.2, 0.25) is 0 Å². The van der Waals surface area contributed by atoms with Gasteiger partial charge in [-0.1, -0.05) is 13.3 Å². The zero-order chi connectivity index (χ0) is 13.2. The second kappa shape index (κ2) is 9.62. The Balaban J connectivity index is 2.09. The number of nitrogens with one attached hydrogen (secondary N) is 1. The number of alkyl halides is 1. The highest BCUT2D eigenvalue weighted by atomic mass is 35.5. The number of hydrogen-bond donors (Lipinski definition) is 1. The molecule has 1 rings (SSSR count). The summed E-state index contributed by atoms with van der Waals surface area (Å²) >= 11 is 5.60. The predicted molar refractivity (Wildman–Crippen MR) is 77.1 cm³/mol. The summed E-state index contributed by atoms with van der Waals surface area (Å²) in [6, 6.07) is 0.395. The molecule has 0 aromatic rings. The van der Waals surface area contributed by atoms with E-state index in [9.17, 15) is 4.79 Å². The van der Waals surface area contributed by atoms with Crippen LogP contribution in [0.4, 0.5) is 0 Å². The van der Waals surface area contributed by atoms with Gasteiger partial charge < -0.3 is 10.2 Å². The van der Waals surface area contributed by atoms with Gasteiger partial charge in [0.15, 0.2) is 0 Å². The molecule has 0 atom stereocenters. The Kier molecular flexibility index (Phi) is 8.44. The topological polar surface area (TPSA) is 32.3 Å². The molecule has 1 fully saturated rings. The molecule has 0 aromatic carbocycles. The Labute approximate surface area is 116 Å². The van der Waals surface area contributed by atoms with Gasteiger partial charge in [-0.2, -0.15) is 0 Å². The van der Waals surface area contributed by atoms with Gasteiger partial charge in [0.25, 0.3) is 0 Å². The van der Waals surface area contributed by atoms with Crippen LogP contribution in [0.1, 0.15) is 51.9 Å². The SMILES string of the molecule is CCCCN1CCC(NC(=O)CCCCCl)CC1. The number of carbonyl (C=O) groups excluding carboxylic acids is 1. The third-order valence-electron chi connectivity index (χ3n) is 3.57. The first kappa shape index (κ1) is 15.8. The second-order valence-electron chi connectivity index (χ2n) is 5.18. The minimum atomic E-state index is 0.201. The summed E-state index contributed by atoms with van der Waals surface area (Å²) < 4.78 is 0. The lowest BCUT2D eigenvalue weighted by Gasteiger charge is -2.32. The third-order valence-corrected chi connectivity index (χ3v) is 3.84. The maximum atomic E-state index is 11.7. The summed E-state index contributed by atoms with van der Waals surface area (Å²) in [6.07, 6.45) is 7.22. The van der Waals surface area contributed by atoms with Crippen molar-refractivity contribution in [3.05, 3.63) is 0 Å². The van der Waals surface area contributed by atoms with E-state index in [0.29, 0.717) is 18.3 Å². The summed E-state index contributed by atoms with van der Waals surface area (Å²) in [5, 5.41) is 3.15. The summed E-state index contributed by atoms with van der Waals surface area (Å²) in [4.78, 5) is 14.2. The fourth-order valence-corrected chi connectivity index (χ4v) is 2.55. The molecule has 18 heavy (non-hydrogen) atoms. The van der Waals surface area contributed by atoms with Crippen molar-refractivity contribution in [2.75, 3.05) is 25.5 Å². The van der Waals surface area contributed by atoms with E-state index >= 15 is 0 Å². The first-order valence-corrected chi connectivity index (χ1v) is 7.87. The van der Waals surface area contributed by atoms with E-state index in [-0.39, 0.29) is 5.91 Å². The minimum Gasteiger partial charge on any atom is -0.353 e. The molecule has 4 heteroatoms. The molecule has 1 heterocycles. The van der Waals surface area contributed by atoms with Crippen LogP contribution < -0.4 is 5.32 Å². The Bertz CT molecular complexity index is 228. The van der Waals surface area contributed by atoms with Crippen molar-refractivity contribution in [3.8, 4) is 0 Å². The van der Waals surface area contributed by atoms with Crippen molar-refractivity contribution < 1.29 is 4.79 Å². The van der Waals surface area contributed by atoms with Crippen LogP contribution in [0, 0.1) is 0 Å². The minimum absolute atomic E-state index is 0.201. The van der Waals surface area contributed by atoms with Gasteiger partial charge in [-0.15, -0.1) is 11.6 Å². The summed E-state index contributed by atoms with van der Waals surface area (Å²) in [7, 11) is 0. The summed E-state index contributed by atoms with van der Waals surface area (Å²) in [5.74, 6) is 0.857. The average Bonchev–Trinajstić information content (AvgIpc) is 2.38. The van der Waals surface area contributed by atoms with E-state index in [1.54, 1.807) is 0 Å². The normalized spacial score (nSPS) is 17.9. The van der Waals surface area contributed by atoms with Crippen LogP contribution in [-0.2, 0) is 4.79 Å². The van der Waals surface area contributed by atoms with Crippen LogP contribution in [0.25, 0.3) is 0 Å². The molecule has 0 bridgehead atoms. The van der Waals surface area contributed by atoms with Crippen LogP contribution in [0.3, 0.4) is 0 Å². The van der Waals surface area contributed by atoms with Gasteiger partial charge in [-0.25, -0.2) is 0 Å². The number of nitrogens with zero attached hydrogens (tertiary/aromatic N) is 1. The van der Waals surface area contributed by atoms with Crippen molar-refractivity contribution >= 4 is 17.5 Å². The Morgan fingerprint density at radius 3 is 2.61 bits per heavy atom. The van der Waals surface area contributed by atoms with E-state index in [1.807, 2.05) is 0 Å². The fourth-order valence-electron chi connectivity index (χ4n) is 2.36. The Morgan fingerprint density at radius 1 is 1.28 bits per heavy atom. The van der Waals surface area contributed by atoms with Crippen LogP contribution in [-0.4, -0.2) is 42.4 Å². The van der Waals surface area contributed by atoms with Gasteiger partial charge in [0.2, 0.25) is 5.91 Å². The molecule has 0 aliphatic carbocycles. The maximum absolute atomic E-state index is 11.7. The molecule has 1 N–H and O–H groups in total. The highest BCUT2D eigenvalue weighted by Crippen LogP contribution is 2.11. The quantitative estimate of drug-likeness (QED) is 0.545. The standard InChI is InChI=1S/C14H27ClN2O/c1-2-3-10-17-11-7-13(8-12-17)16-14(18)6-4-5-9-15/h13H,2-12H2,1H3,(H,16,18). The van der Waals surface area contributed by atoms with E-state index in [1.165, 1.54) is 19.4 Å². The van der Waals surface area contributed by atoms with Gasteiger partial charge in [-0.3, -0.25) is 4.79 Å². The molecule has 0 radical (unpaired) electrons. The molecule has 1 aliphatic heterocycles.